The Morgan fingerprint density at radius 2 is 1.62 bits per heavy atom. The molecule has 3 aromatic rings. The number of aryl methyl sites for hydroxylation is 1. The molecule has 1 aromatic heterocycles. The summed E-state index contributed by atoms with van der Waals surface area (Å²) >= 11 is 0. The molecule has 29 heavy (non-hydrogen) atoms. The second kappa shape index (κ2) is 8.73. The van der Waals surface area contributed by atoms with Crippen LogP contribution in [0.2, 0.25) is 0 Å². The molecule has 1 N–H and O–H groups in total. The van der Waals surface area contributed by atoms with Crippen LogP contribution in [-0.2, 0) is 6.54 Å². The lowest BCUT2D eigenvalue weighted by Crippen LogP contribution is -2.46. The first-order chi connectivity index (χ1) is 14.2. The van der Waals surface area contributed by atoms with Gasteiger partial charge in [-0.2, -0.15) is 0 Å². The Kier molecular flexibility index (Phi) is 5.70. The van der Waals surface area contributed by atoms with Gasteiger partial charge in [-0.15, -0.1) is 0 Å². The van der Waals surface area contributed by atoms with Gasteiger partial charge in [0.05, 0.1) is 0 Å². The number of anilines is 2. The highest BCUT2D eigenvalue weighted by Gasteiger charge is 2.19. The first-order valence-electron chi connectivity index (χ1n) is 9.90. The Morgan fingerprint density at radius 1 is 0.931 bits per heavy atom. The molecule has 1 aliphatic rings. The van der Waals surface area contributed by atoms with Gasteiger partial charge in [-0.05, 0) is 24.6 Å². The molecule has 4 rings (SSSR count). The van der Waals surface area contributed by atoms with E-state index >= 15 is 0 Å². The number of carbonyl (C=O) groups excluding carboxylic acids is 1. The lowest BCUT2D eigenvalue weighted by Gasteiger charge is -2.36. The maximum absolute atomic E-state index is 12.5. The Morgan fingerprint density at radius 3 is 2.34 bits per heavy atom. The summed E-state index contributed by atoms with van der Waals surface area (Å²) in [5.41, 5.74) is 3.90. The normalized spacial score (nSPS) is 14.0. The van der Waals surface area contributed by atoms with Crippen LogP contribution in [0, 0.1) is 6.92 Å². The van der Waals surface area contributed by atoms with E-state index in [2.05, 4.69) is 49.4 Å². The van der Waals surface area contributed by atoms with Crippen molar-refractivity contribution in [2.75, 3.05) is 36.0 Å². The predicted octanol–water partition coefficient (Wildman–Crippen LogP) is 3.04. The van der Waals surface area contributed by atoms with E-state index in [4.69, 9.17) is 0 Å². The number of rotatable bonds is 5. The summed E-state index contributed by atoms with van der Waals surface area (Å²) in [6, 6.07) is 20.3. The maximum atomic E-state index is 12.5. The molecule has 0 spiro atoms. The quantitative estimate of drug-likeness (QED) is 0.729. The Bertz CT molecular complexity index is 951. The third-order valence-electron chi connectivity index (χ3n) is 5.18. The molecule has 0 unspecified atom stereocenters. The second-order valence-corrected chi connectivity index (χ2v) is 7.24. The molecule has 1 aliphatic heterocycles. The van der Waals surface area contributed by atoms with Crippen LogP contribution in [0.5, 0.6) is 0 Å². The summed E-state index contributed by atoms with van der Waals surface area (Å²) in [5.74, 6) is 0.616. The fourth-order valence-corrected chi connectivity index (χ4v) is 3.46. The molecule has 1 saturated heterocycles. The number of benzene rings is 2. The standard InChI is InChI=1S/C23H25N5O/c1-18-7-9-19(10-8-18)16-24-23(29)21-15-22(26-17-25-21)28-13-11-27(12-14-28)20-5-3-2-4-6-20/h2-10,15,17H,11-14,16H2,1H3,(H,24,29). The van der Waals surface area contributed by atoms with Crippen LogP contribution >= 0.6 is 0 Å². The van der Waals surface area contributed by atoms with Crippen LogP contribution in [0.1, 0.15) is 21.6 Å². The van der Waals surface area contributed by atoms with Crippen LogP contribution < -0.4 is 15.1 Å². The predicted molar refractivity (Wildman–Crippen MR) is 115 cm³/mol. The Hall–Kier alpha value is -3.41. The first kappa shape index (κ1) is 18.9. The van der Waals surface area contributed by atoms with Crippen molar-refractivity contribution in [1.82, 2.24) is 15.3 Å². The van der Waals surface area contributed by atoms with Crippen molar-refractivity contribution in [2.24, 2.45) is 0 Å². The molecule has 2 aromatic carbocycles. The topological polar surface area (TPSA) is 61.4 Å². The van der Waals surface area contributed by atoms with E-state index in [1.54, 1.807) is 6.07 Å². The van der Waals surface area contributed by atoms with Crippen molar-refractivity contribution < 1.29 is 4.79 Å². The summed E-state index contributed by atoms with van der Waals surface area (Å²) in [4.78, 5) is 25.7. The van der Waals surface area contributed by atoms with Gasteiger partial charge < -0.3 is 15.1 Å². The number of piperazine rings is 1. The molecule has 0 saturated carbocycles. The SMILES string of the molecule is Cc1ccc(CNC(=O)c2cc(N3CCN(c4ccccc4)CC3)ncn2)cc1. The second-order valence-electron chi connectivity index (χ2n) is 7.24. The molecule has 1 fully saturated rings. The van der Waals surface area contributed by atoms with E-state index in [9.17, 15) is 4.79 Å². The van der Waals surface area contributed by atoms with Gasteiger partial charge in [0, 0.05) is 44.5 Å². The number of para-hydroxylation sites is 1. The smallest absolute Gasteiger partial charge is 0.270 e. The van der Waals surface area contributed by atoms with Gasteiger partial charge in [0.15, 0.2) is 0 Å². The minimum atomic E-state index is -0.183. The van der Waals surface area contributed by atoms with Crippen LogP contribution in [0.15, 0.2) is 67.0 Å². The highest BCUT2D eigenvalue weighted by atomic mass is 16.1. The van der Waals surface area contributed by atoms with Gasteiger partial charge in [0.25, 0.3) is 5.91 Å². The zero-order valence-electron chi connectivity index (χ0n) is 16.6. The monoisotopic (exact) mass is 387 g/mol. The van der Waals surface area contributed by atoms with Gasteiger partial charge in [0.1, 0.15) is 17.8 Å². The van der Waals surface area contributed by atoms with Crippen molar-refractivity contribution in [1.29, 1.82) is 0 Å². The lowest BCUT2D eigenvalue weighted by molar-refractivity contribution is 0.0945. The van der Waals surface area contributed by atoms with Crippen molar-refractivity contribution in [3.8, 4) is 0 Å². The van der Waals surface area contributed by atoms with E-state index in [-0.39, 0.29) is 5.91 Å². The van der Waals surface area contributed by atoms with Gasteiger partial charge in [-0.3, -0.25) is 4.79 Å². The van der Waals surface area contributed by atoms with E-state index in [0.29, 0.717) is 12.2 Å². The van der Waals surface area contributed by atoms with Crippen LogP contribution in [-0.4, -0.2) is 42.1 Å². The fraction of sp³-hybridized carbons (Fsp3) is 0.261. The maximum Gasteiger partial charge on any atom is 0.270 e. The molecule has 148 valence electrons. The minimum absolute atomic E-state index is 0.183. The third-order valence-corrected chi connectivity index (χ3v) is 5.18. The number of nitrogens with zero attached hydrogens (tertiary/aromatic N) is 4. The molecular weight excluding hydrogens is 362 g/mol. The molecule has 0 aliphatic carbocycles. The van der Waals surface area contributed by atoms with Gasteiger partial charge in [-0.1, -0.05) is 48.0 Å². The Labute approximate surface area is 171 Å². The summed E-state index contributed by atoms with van der Waals surface area (Å²) in [5, 5.41) is 2.94. The van der Waals surface area contributed by atoms with E-state index < -0.39 is 0 Å². The largest absolute Gasteiger partial charge is 0.368 e. The molecular formula is C23H25N5O. The van der Waals surface area contributed by atoms with Gasteiger partial charge >= 0.3 is 0 Å². The molecule has 0 atom stereocenters. The van der Waals surface area contributed by atoms with Crippen molar-refractivity contribution in [3.05, 3.63) is 83.8 Å². The average molecular weight is 387 g/mol. The van der Waals surface area contributed by atoms with Crippen LogP contribution in [0.3, 0.4) is 0 Å². The highest BCUT2D eigenvalue weighted by molar-refractivity contribution is 5.92. The van der Waals surface area contributed by atoms with E-state index in [0.717, 1.165) is 37.6 Å². The Balaban J connectivity index is 1.36. The van der Waals surface area contributed by atoms with Crippen LogP contribution in [0.4, 0.5) is 11.5 Å². The number of hydrogen-bond acceptors (Lipinski definition) is 5. The molecule has 6 heteroatoms. The lowest BCUT2D eigenvalue weighted by atomic mass is 10.1. The fourth-order valence-electron chi connectivity index (χ4n) is 3.46. The molecule has 0 bridgehead atoms. The van der Waals surface area contributed by atoms with Gasteiger partial charge in [0.2, 0.25) is 0 Å². The van der Waals surface area contributed by atoms with Crippen molar-refractivity contribution >= 4 is 17.4 Å². The van der Waals surface area contributed by atoms with Crippen molar-refractivity contribution in [2.45, 2.75) is 13.5 Å². The number of carbonyl (C=O) groups is 1. The summed E-state index contributed by atoms with van der Waals surface area (Å²) in [6.45, 7) is 6.08. The number of hydrogen-bond donors (Lipinski definition) is 1. The summed E-state index contributed by atoms with van der Waals surface area (Å²) in [6.07, 6.45) is 1.47. The molecule has 6 nitrogen and oxygen atoms in total. The van der Waals surface area contributed by atoms with Gasteiger partial charge in [-0.25, -0.2) is 9.97 Å². The molecule has 2 heterocycles. The molecule has 1 amide bonds. The van der Waals surface area contributed by atoms with Crippen LogP contribution in [0.25, 0.3) is 0 Å². The summed E-state index contributed by atoms with van der Waals surface area (Å²) < 4.78 is 0. The van der Waals surface area contributed by atoms with E-state index in [1.165, 1.54) is 17.6 Å². The van der Waals surface area contributed by atoms with Crippen molar-refractivity contribution in [3.63, 3.8) is 0 Å². The first-order valence-corrected chi connectivity index (χ1v) is 9.90. The molecule has 0 radical (unpaired) electrons. The highest BCUT2D eigenvalue weighted by Crippen LogP contribution is 2.19. The average Bonchev–Trinajstić information content (AvgIpc) is 2.79. The minimum Gasteiger partial charge on any atom is -0.368 e. The summed E-state index contributed by atoms with van der Waals surface area (Å²) in [7, 11) is 0. The zero-order valence-corrected chi connectivity index (χ0v) is 16.6. The third kappa shape index (κ3) is 4.71. The zero-order chi connectivity index (χ0) is 20.1. The number of amides is 1. The number of aromatic nitrogens is 2. The number of nitrogens with one attached hydrogen (secondary N) is 1. The van der Waals surface area contributed by atoms with E-state index in [1.807, 2.05) is 37.3 Å².